The zero-order chi connectivity index (χ0) is 14.4. The number of aryl methyl sites for hydroxylation is 1. The van der Waals surface area contributed by atoms with Crippen molar-refractivity contribution in [3.05, 3.63) is 65.7 Å². The second-order valence-electron chi connectivity index (χ2n) is 4.48. The zero-order valence-corrected chi connectivity index (χ0v) is 11.7. The van der Waals surface area contributed by atoms with Gasteiger partial charge in [0.15, 0.2) is 0 Å². The lowest BCUT2D eigenvalue weighted by Crippen LogP contribution is -2.21. The average molecular weight is 270 g/mol. The molecule has 0 amide bonds. The molecule has 0 bridgehead atoms. The van der Waals surface area contributed by atoms with Gasteiger partial charge in [0.05, 0.1) is 6.61 Å². The third-order valence-corrected chi connectivity index (χ3v) is 2.85. The second-order valence-corrected chi connectivity index (χ2v) is 4.48. The van der Waals surface area contributed by atoms with E-state index >= 15 is 0 Å². The number of carbonyl (C=O) groups is 1. The largest absolute Gasteiger partial charge is 0.474 e. The molecule has 1 unspecified atom stereocenters. The van der Waals surface area contributed by atoms with Crippen LogP contribution < -0.4 is 4.74 Å². The Bertz CT molecular complexity index is 563. The molecule has 2 aromatic carbocycles. The SMILES string of the molecule is CCOC(=O)C(Oc1cccc(C)c1)c1ccccc1. The van der Waals surface area contributed by atoms with Crippen LogP contribution in [0.5, 0.6) is 5.75 Å². The fourth-order valence-electron chi connectivity index (χ4n) is 1.92. The molecule has 0 saturated carbocycles. The number of esters is 1. The lowest BCUT2D eigenvalue weighted by Gasteiger charge is -2.18. The van der Waals surface area contributed by atoms with Crippen molar-refractivity contribution in [2.24, 2.45) is 0 Å². The van der Waals surface area contributed by atoms with Crippen molar-refractivity contribution in [1.82, 2.24) is 0 Å². The van der Waals surface area contributed by atoms with E-state index < -0.39 is 6.10 Å². The predicted octanol–water partition coefficient (Wildman–Crippen LogP) is 3.68. The van der Waals surface area contributed by atoms with Gasteiger partial charge in [0, 0.05) is 5.56 Å². The average Bonchev–Trinajstić information content (AvgIpc) is 2.46. The van der Waals surface area contributed by atoms with E-state index in [-0.39, 0.29) is 5.97 Å². The molecule has 0 heterocycles. The highest BCUT2D eigenvalue weighted by Gasteiger charge is 2.23. The molecule has 20 heavy (non-hydrogen) atoms. The molecule has 1 atom stereocenters. The van der Waals surface area contributed by atoms with Crippen LogP contribution in [0.3, 0.4) is 0 Å². The Morgan fingerprint density at radius 3 is 2.50 bits per heavy atom. The van der Waals surface area contributed by atoms with Gasteiger partial charge in [0.25, 0.3) is 0 Å². The first-order valence-electron chi connectivity index (χ1n) is 6.65. The molecule has 3 nitrogen and oxygen atoms in total. The normalized spacial score (nSPS) is 11.7. The Morgan fingerprint density at radius 1 is 1.10 bits per heavy atom. The zero-order valence-electron chi connectivity index (χ0n) is 11.7. The summed E-state index contributed by atoms with van der Waals surface area (Å²) in [5.41, 5.74) is 1.87. The summed E-state index contributed by atoms with van der Waals surface area (Å²) in [5, 5.41) is 0. The van der Waals surface area contributed by atoms with Crippen LogP contribution in [0.15, 0.2) is 54.6 Å². The molecule has 0 aliphatic rings. The molecule has 0 aromatic heterocycles. The van der Waals surface area contributed by atoms with E-state index in [4.69, 9.17) is 9.47 Å². The van der Waals surface area contributed by atoms with Gasteiger partial charge in [-0.2, -0.15) is 0 Å². The van der Waals surface area contributed by atoms with E-state index in [1.165, 1.54) is 0 Å². The lowest BCUT2D eigenvalue weighted by atomic mass is 10.1. The molecular formula is C17H18O3. The first kappa shape index (κ1) is 14.1. The molecule has 3 heteroatoms. The van der Waals surface area contributed by atoms with E-state index in [1.807, 2.05) is 61.5 Å². The number of hydrogen-bond donors (Lipinski definition) is 0. The topological polar surface area (TPSA) is 35.5 Å². The van der Waals surface area contributed by atoms with Gasteiger partial charge < -0.3 is 9.47 Å². The number of benzene rings is 2. The Kier molecular flexibility index (Phi) is 4.77. The van der Waals surface area contributed by atoms with Crippen LogP contribution in [0.25, 0.3) is 0 Å². The minimum absolute atomic E-state index is 0.333. The lowest BCUT2D eigenvalue weighted by molar-refractivity contribution is -0.151. The van der Waals surface area contributed by atoms with Gasteiger partial charge in [0.1, 0.15) is 5.75 Å². The summed E-state index contributed by atoms with van der Waals surface area (Å²) >= 11 is 0. The van der Waals surface area contributed by atoms with Crippen molar-refractivity contribution in [1.29, 1.82) is 0 Å². The summed E-state index contributed by atoms with van der Waals surface area (Å²) < 4.78 is 10.9. The summed E-state index contributed by atoms with van der Waals surface area (Å²) in [5.74, 6) is 0.284. The van der Waals surface area contributed by atoms with E-state index in [0.717, 1.165) is 11.1 Å². The van der Waals surface area contributed by atoms with Crippen LogP contribution in [0.1, 0.15) is 24.2 Å². The second kappa shape index (κ2) is 6.75. The van der Waals surface area contributed by atoms with Crippen molar-refractivity contribution in [2.45, 2.75) is 20.0 Å². The molecule has 2 rings (SSSR count). The van der Waals surface area contributed by atoms with Gasteiger partial charge in [-0.15, -0.1) is 0 Å². The van der Waals surface area contributed by atoms with Crippen LogP contribution in [0, 0.1) is 6.92 Å². The van der Waals surface area contributed by atoms with Crippen LogP contribution >= 0.6 is 0 Å². The fraction of sp³-hybridized carbons (Fsp3) is 0.235. The maximum atomic E-state index is 12.1. The predicted molar refractivity (Wildman–Crippen MR) is 77.6 cm³/mol. The highest BCUT2D eigenvalue weighted by molar-refractivity contribution is 5.77. The minimum atomic E-state index is -0.738. The van der Waals surface area contributed by atoms with Crippen molar-refractivity contribution < 1.29 is 14.3 Å². The molecule has 0 aliphatic heterocycles. The third kappa shape index (κ3) is 3.60. The Morgan fingerprint density at radius 2 is 1.85 bits per heavy atom. The van der Waals surface area contributed by atoms with Gasteiger partial charge in [-0.1, -0.05) is 42.5 Å². The van der Waals surface area contributed by atoms with Crippen molar-refractivity contribution in [3.8, 4) is 5.75 Å². The van der Waals surface area contributed by atoms with Crippen molar-refractivity contribution in [3.63, 3.8) is 0 Å². The van der Waals surface area contributed by atoms with E-state index in [1.54, 1.807) is 6.92 Å². The molecule has 0 saturated heterocycles. The fourth-order valence-corrected chi connectivity index (χ4v) is 1.92. The van der Waals surface area contributed by atoms with E-state index in [0.29, 0.717) is 12.4 Å². The number of rotatable bonds is 5. The highest BCUT2D eigenvalue weighted by atomic mass is 16.6. The Hall–Kier alpha value is -2.29. The maximum Gasteiger partial charge on any atom is 0.352 e. The Labute approximate surface area is 119 Å². The summed E-state index contributed by atoms with van der Waals surface area (Å²) in [7, 11) is 0. The molecular weight excluding hydrogens is 252 g/mol. The van der Waals surface area contributed by atoms with Gasteiger partial charge >= 0.3 is 5.97 Å². The first-order chi connectivity index (χ1) is 9.70. The summed E-state index contributed by atoms with van der Waals surface area (Å²) in [6, 6.07) is 17.0. The van der Waals surface area contributed by atoms with Gasteiger partial charge in [-0.05, 0) is 31.5 Å². The van der Waals surface area contributed by atoms with Crippen LogP contribution in [-0.4, -0.2) is 12.6 Å². The van der Waals surface area contributed by atoms with E-state index in [2.05, 4.69) is 0 Å². The molecule has 0 aliphatic carbocycles. The van der Waals surface area contributed by atoms with Crippen molar-refractivity contribution >= 4 is 5.97 Å². The first-order valence-corrected chi connectivity index (χ1v) is 6.65. The van der Waals surface area contributed by atoms with Crippen LogP contribution in [0.2, 0.25) is 0 Å². The highest BCUT2D eigenvalue weighted by Crippen LogP contribution is 2.24. The van der Waals surface area contributed by atoms with Gasteiger partial charge in [0.2, 0.25) is 6.10 Å². The minimum Gasteiger partial charge on any atom is -0.474 e. The molecule has 0 fully saturated rings. The molecule has 104 valence electrons. The molecule has 0 N–H and O–H groups in total. The smallest absolute Gasteiger partial charge is 0.352 e. The van der Waals surface area contributed by atoms with E-state index in [9.17, 15) is 4.79 Å². The summed E-state index contributed by atoms with van der Waals surface area (Å²) in [6.45, 7) is 4.10. The number of ether oxygens (including phenoxy) is 2. The third-order valence-electron chi connectivity index (χ3n) is 2.85. The van der Waals surface area contributed by atoms with Crippen molar-refractivity contribution in [2.75, 3.05) is 6.61 Å². The standard InChI is InChI=1S/C17H18O3/c1-3-19-17(18)16(14-9-5-4-6-10-14)20-15-11-7-8-13(2)12-15/h4-12,16H,3H2,1-2H3. The monoisotopic (exact) mass is 270 g/mol. The number of carbonyl (C=O) groups excluding carboxylic acids is 1. The van der Waals surface area contributed by atoms with Gasteiger partial charge in [-0.25, -0.2) is 4.79 Å². The molecule has 2 aromatic rings. The molecule has 0 radical (unpaired) electrons. The molecule has 0 spiro atoms. The quantitative estimate of drug-likeness (QED) is 0.777. The van der Waals surface area contributed by atoms with Crippen LogP contribution in [0.4, 0.5) is 0 Å². The maximum absolute atomic E-state index is 12.1. The Balaban J connectivity index is 2.25. The van der Waals surface area contributed by atoms with Crippen LogP contribution in [-0.2, 0) is 9.53 Å². The summed E-state index contributed by atoms with van der Waals surface area (Å²) in [6.07, 6.45) is -0.738. The number of hydrogen-bond acceptors (Lipinski definition) is 3. The summed E-state index contributed by atoms with van der Waals surface area (Å²) in [4.78, 5) is 12.1. The van der Waals surface area contributed by atoms with Gasteiger partial charge in [-0.3, -0.25) is 0 Å².